The molecular weight excluding hydrogens is 682 g/mol. The first-order valence-electron chi connectivity index (χ1n) is 15.9. The Bertz CT molecular complexity index is 2060. The molecule has 1 atom stereocenters. The van der Waals surface area contributed by atoms with E-state index in [1.807, 2.05) is 67.8 Å². The predicted molar refractivity (Wildman–Crippen MR) is 193 cm³/mol. The molecule has 1 saturated heterocycles. The summed E-state index contributed by atoms with van der Waals surface area (Å²) in [5.41, 5.74) is 3.85. The van der Waals surface area contributed by atoms with Crippen LogP contribution in [-0.4, -0.2) is 49.6 Å². The van der Waals surface area contributed by atoms with Gasteiger partial charge in [-0.1, -0.05) is 72.8 Å². The van der Waals surface area contributed by atoms with Crippen LogP contribution in [0.5, 0.6) is 11.5 Å². The molecule has 49 heavy (non-hydrogen) atoms. The number of rotatable bonds is 12. The Kier molecular flexibility index (Phi) is 10.3. The number of pyridine rings is 1. The summed E-state index contributed by atoms with van der Waals surface area (Å²) in [5.74, 6) is 0.0284. The van der Waals surface area contributed by atoms with Crippen molar-refractivity contribution in [2.45, 2.75) is 57.2 Å². The van der Waals surface area contributed by atoms with Crippen LogP contribution in [0.3, 0.4) is 0 Å². The fraction of sp³-hybridized carbons (Fsp3) is 0.306. The summed E-state index contributed by atoms with van der Waals surface area (Å²) >= 11 is 8.69. The molecule has 1 aliphatic rings. The molecule has 4 heterocycles. The number of carbonyl (C=O) groups is 2. The third-order valence-corrected chi connectivity index (χ3v) is 10.5. The minimum absolute atomic E-state index is 0.101. The first-order chi connectivity index (χ1) is 23.6. The normalized spacial score (nSPS) is 15.9. The quantitative estimate of drug-likeness (QED) is 0.0448. The maximum atomic E-state index is 13.9. The van der Waals surface area contributed by atoms with Crippen molar-refractivity contribution in [1.29, 1.82) is 0 Å². The molecule has 1 fully saturated rings. The number of Topliss-reactive ketones (excluding diaryl/α,β-unsaturated/α-hetero) is 1. The van der Waals surface area contributed by atoms with Gasteiger partial charge in [-0.05, 0) is 80.1 Å². The molecule has 1 amide bonds. The van der Waals surface area contributed by atoms with Crippen LogP contribution in [0, 0.1) is 19.8 Å². The SMILES string of the molecule is CCOc1cc(C2/C(=C(\O)c3nc4c(C)cccn4c3C)C(=O)C(=O)N2c2nnc(SCc3ccc(Cl)cc3)s2)ccc1OCCC(C)C. The van der Waals surface area contributed by atoms with E-state index in [2.05, 4.69) is 24.0 Å². The lowest BCUT2D eigenvalue weighted by Gasteiger charge is -2.23. The number of ketones is 1. The number of hydrogen-bond acceptors (Lipinski definition) is 10. The van der Waals surface area contributed by atoms with Gasteiger partial charge in [0.15, 0.2) is 21.6 Å². The number of nitrogens with zero attached hydrogens (tertiary/aromatic N) is 5. The smallest absolute Gasteiger partial charge is 0.301 e. The first-order valence-corrected chi connectivity index (χ1v) is 18.1. The number of anilines is 1. The number of carbonyl (C=O) groups excluding carboxylic acids is 2. The lowest BCUT2D eigenvalue weighted by Crippen LogP contribution is -2.29. The van der Waals surface area contributed by atoms with E-state index in [4.69, 9.17) is 26.1 Å². The summed E-state index contributed by atoms with van der Waals surface area (Å²) < 4.78 is 14.5. The highest BCUT2D eigenvalue weighted by Gasteiger charge is 2.49. The number of hydrogen-bond donors (Lipinski definition) is 1. The van der Waals surface area contributed by atoms with Crippen LogP contribution in [-0.2, 0) is 15.3 Å². The van der Waals surface area contributed by atoms with Gasteiger partial charge in [0, 0.05) is 17.0 Å². The second kappa shape index (κ2) is 14.6. The van der Waals surface area contributed by atoms with Crippen molar-refractivity contribution in [3.63, 3.8) is 0 Å². The van der Waals surface area contributed by atoms with Crippen molar-refractivity contribution in [3.05, 3.63) is 99.5 Å². The number of halogens is 1. The predicted octanol–water partition coefficient (Wildman–Crippen LogP) is 8.20. The fourth-order valence-corrected chi connectivity index (χ4v) is 7.54. The zero-order valence-electron chi connectivity index (χ0n) is 27.8. The first kappa shape index (κ1) is 34.5. The van der Waals surface area contributed by atoms with E-state index in [-0.39, 0.29) is 22.2 Å². The summed E-state index contributed by atoms with van der Waals surface area (Å²) in [6.07, 6.45) is 2.70. The van der Waals surface area contributed by atoms with Crippen molar-refractivity contribution < 1.29 is 24.2 Å². The number of thioether (sulfide) groups is 1. The van der Waals surface area contributed by atoms with Crippen LogP contribution >= 0.6 is 34.7 Å². The average molecular weight is 718 g/mol. The lowest BCUT2D eigenvalue weighted by molar-refractivity contribution is -0.132. The van der Waals surface area contributed by atoms with E-state index < -0.39 is 17.7 Å². The van der Waals surface area contributed by atoms with Crippen molar-refractivity contribution in [3.8, 4) is 11.5 Å². The average Bonchev–Trinajstić information content (AvgIpc) is 3.76. The van der Waals surface area contributed by atoms with Gasteiger partial charge in [0.05, 0.1) is 30.5 Å². The molecule has 0 spiro atoms. The number of fused-ring (bicyclic) bond motifs is 1. The Balaban J connectivity index is 1.44. The number of benzene rings is 2. The van der Waals surface area contributed by atoms with Crippen molar-refractivity contribution in [2.24, 2.45) is 5.92 Å². The molecule has 0 saturated carbocycles. The molecule has 2 aromatic carbocycles. The van der Waals surface area contributed by atoms with Crippen LogP contribution in [0.1, 0.15) is 61.3 Å². The Labute approximate surface area is 297 Å². The van der Waals surface area contributed by atoms with Crippen LogP contribution < -0.4 is 14.4 Å². The Morgan fingerprint density at radius 2 is 1.84 bits per heavy atom. The van der Waals surface area contributed by atoms with Gasteiger partial charge in [0.25, 0.3) is 5.78 Å². The molecule has 5 aromatic rings. The Morgan fingerprint density at radius 3 is 2.55 bits per heavy atom. The van der Waals surface area contributed by atoms with Crippen LogP contribution in [0.2, 0.25) is 5.02 Å². The Hall–Kier alpha value is -4.39. The molecule has 10 nitrogen and oxygen atoms in total. The summed E-state index contributed by atoms with van der Waals surface area (Å²) in [6.45, 7) is 10.7. The number of aromatic nitrogens is 4. The zero-order valence-corrected chi connectivity index (χ0v) is 30.2. The molecule has 254 valence electrons. The minimum Gasteiger partial charge on any atom is -0.505 e. The maximum Gasteiger partial charge on any atom is 0.301 e. The molecule has 3 aromatic heterocycles. The van der Waals surface area contributed by atoms with Crippen molar-refractivity contribution >= 4 is 62.9 Å². The third-order valence-electron chi connectivity index (χ3n) is 8.17. The molecule has 0 bridgehead atoms. The molecule has 13 heteroatoms. The van der Waals surface area contributed by atoms with E-state index in [1.165, 1.54) is 28.0 Å². The van der Waals surface area contributed by atoms with E-state index in [0.29, 0.717) is 62.7 Å². The molecule has 1 N–H and O–H groups in total. The fourth-order valence-electron chi connectivity index (χ4n) is 5.59. The van der Waals surface area contributed by atoms with E-state index in [1.54, 1.807) is 18.2 Å². The molecular formula is C36H36ClN5O5S2. The third kappa shape index (κ3) is 7.03. The zero-order chi connectivity index (χ0) is 34.8. The van der Waals surface area contributed by atoms with Gasteiger partial charge < -0.3 is 19.0 Å². The van der Waals surface area contributed by atoms with Gasteiger partial charge in [-0.15, -0.1) is 10.2 Å². The largest absolute Gasteiger partial charge is 0.505 e. The summed E-state index contributed by atoms with van der Waals surface area (Å²) in [7, 11) is 0. The van der Waals surface area contributed by atoms with E-state index in [0.717, 1.165) is 17.5 Å². The highest BCUT2D eigenvalue weighted by atomic mass is 35.5. The highest BCUT2D eigenvalue weighted by molar-refractivity contribution is 8.00. The van der Waals surface area contributed by atoms with Gasteiger partial charge in [-0.3, -0.25) is 14.5 Å². The number of aliphatic hydroxyl groups is 1. The number of ether oxygens (including phenoxy) is 2. The monoisotopic (exact) mass is 717 g/mol. The second-order valence-corrected chi connectivity index (χ2v) is 14.7. The number of imidazole rings is 1. The van der Waals surface area contributed by atoms with Gasteiger partial charge in [0.2, 0.25) is 5.13 Å². The summed E-state index contributed by atoms with van der Waals surface area (Å²) in [6, 6.07) is 15.6. The van der Waals surface area contributed by atoms with Crippen molar-refractivity contribution in [2.75, 3.05) is 18.1 Å². The lowest BCUT2D eigenvalue weighted by atomic mass is 9.96. The van der Waals surface area contributed by atoms with Gasteiger partial charge in [-0.2, -0.15) is 0 Å². The van der Waals surface area contributed by atoms with Gasteiger partial charge in [0.1, 0.15) is 11.3 Å². The highest BCUT2D eigenvalue weighted by Crippen LogP contribution is 2.46. The standard InChI is InChI=1S/C36H36ClN5O5S2/c1-6-46-27-18-24(11-14-26(27)47-17-15-20(2)3)30-28(31(43)29-22(5)41-16-7-8-21(4)33(41)38-29)32(44)34(45)42(30)35-39-40-36(49-35)48-19-23-9-12-25(37)13-10-23/h7-14,16,18,20,30,43H,6,15,17,19H2,1-5H3/b31-28+. The maximum absolute atomic E-state index is 13.9. The molecule has 6 rings (SSSR count). The Morgan fingerprint density at radius 1 is 1.06 bits per heavy atom. The molecule has 1 aliphatic heterocycles. The van der Waals surface area contributed by atoms with E-state index in [9.17, 15) is 14.7 Å². The number of aliphatic hydroxyl groups excluding tert-OH is 1. The van der Waals surface area contributed by atoms with Crippen molar-refractivity contribution in [1.82, 2.24) is 19.6 Å². The van der Waals surface area contributed by atoms with E-state index >= 15 is 0 Å². The number of amides is 1. The molecule has 1 unspecified atom stereocenters. The topological polar surface area (TPSA) is 119 Å². The van der Waals surface area contributed by atoms with Crippen LogP contribution in [0.4, 0.5) is 5.13 Å². The van der Waals surface area contributed by atoms with Gasteiger partial charge >= 0.3 is 5.91 Å². The molecule has 0 aliphatic carbocycles. The number of aryl methyl sites for hydroxylation is 2. The summed E-state index contributed by atoms with van der Waals surface area (Å²) in [4.78, 5) is 33.9. The van der Waals surface area contributed by atoms with Crippen LogP contribution in [0.25, 0.3) is 11.4 Å². The minimum atomic E-state index is -1.05. The van der Waals surface area contributed by atoms with Crippen LogP contribution in [0.15, 0.2) is 70.7 Å². The van der Waals surface area contributed by atoms with Gasteiger partial charge in [-0.25, -0.2) is 4.98 Å². The summed E-state index contributed by atoms with van der Waals surface area (Å²) in [5, 5.41) is 21.5. The molecule has 0 radical (unpaired) electrons. The second-order valence-electron chi connectivity index (χ2n) is 12.0.